The number of hydrogen-bond acceptors (Lipinski definition) is 4. The van der Waals surface area contributed by atoms with E-state index in [0.29, 0.717) is 31.1 Å². The van der Waals surface area contributed by atoms with Gasteiger partial charge >= 0.3 is 0 Å². The number of rotatable bonds is 7. The Kier molecular flexibility index (Phi) is 6.15. The minimum atomic E-state index is -0.112. The number of aromatic nitrogens is 2. The van der Waals surface area contributed by atoms with Crippen molar-refractivity contribution in [2.45, 2.75) is 26.9 Å². The fraction of sp³-hybridized carbons (Fsp3) is 0.227. The van der Waals surface area contributed by atoms with Gasteiger partial charge in [-0.2, -0.15) is 0 Å². The molecule has 0 aliphatic rings. The van der Waals surface area contributed by atoms with Gasteiger partial charge < -0.3 is 10.2 Å². The van der Waals surface area contributed by atoms with E-state index in [1.807, 2.05) is 49.4 Å². The van der Waals surface area contributed by atoms with E-state index in [9.17, 15) is 4.79 Å². The van der Waals surface area contributed by atoms with Crippen molar-refractivity contribution in [3.05, 3.63) is 89.1 Å². The summed E-state index contributed by atoms with van der Waals surface area (Å²) in [6.07, 6.45) is 0. The number of aryl methyl sites for hydroxylation is 1. The van der Waals surface area contributed by atoms with Crippen molar-refractivity contribution in [2.24, 2.45) is 0 Å². The van der Waals surface area contributed by atoms with Crippen molar-refractivity contribution in [1.82, 2.24) is 15.1 Å². The third-order valence-corrected chi connectivity index (χ3v) is 4.49. The zero-order valence-electron chi connectivity index (χ0n) is 15.7. The Morgan fingerprint density at radius 3 is 2.37 bits per heavy atom. The molecule has 1 amide bonds. The zero-order valence-corrected chi connectivity index (χ0v) is 15.7. The van der Waals surface area contributed by atoms with Crippen molar-refractivity contribution >= 4 is 11.7 Å². The van der Waals surface area contributed by atoms with Crippen LogP contribution >= 0.6 is 0 Å². The van der Waals surface area contributed by atoms with Crippen LogP contribution in [-0.2, 0) is 13.1 Å². The first-order chi connectivity index (χ1) is 13.2. The first-order valence-corrected chi connectivity index (χ1v) is 9.12. The minimum Gasteiger partial charge on any atom is -0.364 e. The topological polar surface area (TPSA) is 58.1 Å². The molecule has 0 aliphatic heterocycles. The molecule has 5 nitrogen and oxygen atoms in total. The quantitative estimate of drug-likeness (QED) is 0.690. The zero-order chi connectivity index (χ0) is 19.1. The first-order valence-electron chi connectivity index (χ1n) is 9.12. The summed E-state index contributed by atoms with van der Waals surface area (Å²) in [5.74, 6) is 0.542. The van der Waals surface area contributed by atoms with Crippen LogP contribution in [-0.4, -0.2) is 27.5 Å². The molecule has 3 aromatic rings. The van der Waals surface area contributed by atoms with Crippen molar-refractivity contribution < 1.29 is 4.79 Å². The van der Waals surface area contributed by atoms with Crippen LogP contribution in [0.15, 0.2) is 66.7 Å². The molecule has 5 heteroatoms. The van der Waals surface area contributed by atoms with Crippen LogP contribution in [0.1, 0.15) is 34.1 Å². The summed E-state index contributed by atoms with van der Waals surface area (Å²) in [6, 6.07) is 21.7. The van der Waals surface area contributed by atoms with E-state index < -0.39 is 0 Å². The van der Waals surface area contributed by atoms with E-state index >= 15 is 0 Å². The van der Waals surface area contributed by atoms with Gasteiger partial charge in [-0.1, -0.05) is 54.6 Å². The standard InChI is InChI=1S/C22H24N4O/c1-3-26(16-18-10-5-4-6-11-18)22(27)20-13-14-21(25-24-20)23-15-19-12-8-7-9-17(19)2/h4-14H,3,15-16H2,1-2H3,(H,23,25). The fourth-order valence-corrected chi connectivity index (χ4v) is 2.83. The highest BCUT2D eigenvalue weighted by molar-refractivity contribution is 5.92. The summed E-state index contributed by atoms with van der Waals surface area (Å²) < 4.78 is 0. The van der Waals surface area contributed by atoms with Crippen LogP contribution in [0.4, 0.5) is 5.82 Å². The van der Waals surface area contributed by atoms with Crippen LogP contribution in [0.25, 0.3) is 0 Å². The number of amides is 1. The van der Waals surface area contributed by atoms with Gasteiger partial charge in [-0.15, -0.1) is 10.2 Å². The summed E-state index contributed by atoms with van der Waals surface area (Å²) >= 11 is 0. The van der Waals surface area contributed by atoms with Gasteiger partial charge in [0.2, 0.25) is 0 Å². The molecular weight excluding hydrogens is 336 g/mol. The summed E-state index contributed by atoms with van der Waals surface area (Å²) in [5, 5.41) is 11.5. The molecular formula is C22H24N4O. The van der Waals surface area contributed by atoms with Crippen molar-refractivity contribution in [1.29, 1.82) is 0 Å². The molecule has 27 heavy (non-hydrogen) atoms. The third kappa shape index (κ3) is 4.91. The fourth-order valence-electron chi connectivity index (χ4n) is 2.83. The molecule has 0 saturated carbocycles. The lowest BCUT2D eigenvalue weighted by Crippen LogP contribution is -2.31. The highest BCUT2D eigenvalue weighted by Crippen LogP contribution is 2.12. The summed E-state index contributed by atoms with van der Waals surface area (Å²) in [6.45, 7) is 5.89. The van der Waals surface area contributed by atoms with E-state index in [1.54, 1.807) is 17.0 Å². The number of hydrogen-bond donors (Lipinski definition) is 1. The molecule has 1 heterocycles. The van der Waals surface area contributed by atoms with Gasteiger partial charge in [0.25, 0.3) is 5.91 Å². The number of nitrogens with zero attached hydrogens (tertiary/aromatic N) is 3. The van der Waals surface area contributed by atoms with Gasteiger partial charge in [-0.25, -0.2) is 0 Å². The predicted molar refractivity (Wildman–Crippen MR) is 107 cm³/mol. The second-order valence-corrected chi connectivity index (χ2v) is 6.39. The Labute approximate surface area is 160 Å². The van der Waals surface area contributed by atoms with Gasteiger partial charge in [0, 0.05) is 19.6 Å². The van der Waals surface area contributed by atoms with E-state index in [1.165, 1.54) is 11.1 Å². The Balaban J connectivity index is 1.63. The molecule has 0 bridgehead atoms. The Morgan fingerprint density at radius 2 is 1.70 bits per heavy atom. The van der Waals surface area contributed by atoms with Crippen LogP contribution in [0, 0.1) is 6.92 Å². The maximum absolute atomic E-state index is 12.7. The highest BCUT2D eigenvalue weighted by atomic mass is 16.2. The normalized spacial score (nSPS) is 10.4. The van der Waals surface area contributed by atoms with Gasteiger partial charge in [0.05, 0.1) is 0 Å². The predicted octanol–water partition coefficient (Wildman–Crippen LogP) is 4.06. The lowest BCUT2D eigenvalue weighted by atomic mass is 10.1. The molecule has 3 rings (SSSR count). The number of benzene rings is 2. The highest BCUT2D eigenvalue weighted by Gasteiger charge is 2.16. The van der Waals surface area contributed by atoms with Crippen LogP contribution < -0.4 is 5.32 Å². The van der Waals surface area contributed by atoms with Gasteiger partial charge in [-0.3, -0.25) is 4.79 Å². The Morgan fingerprint density at radius 1 is 0.963 bits per heavy atom. The number of nitrogens with one attached hydrogen (secondary N) is 1. The average Bonchev–Trinajstić information content (AvgIpc) is 2.72. The number of carbonyl (C=O) groups excluding carboxylic acids is 1. The van der Waals surface area contributed by atoms with Crippen LogP contribution in [0.3, 0.4) is 0 Å². The monoisotopic (exact) mass is 360 g/mol. The molecule has 1 aromatic heterocycles. The molecule has 0 radical (unpaired) electrons. The molecule has 0 fully saturated rings. The van der Waals surface area contributed by atoms with Crippen molar-refractivity contribution in [3.63, 3.8) is 0 Å². The van der Waals surface area contributed by atoms with Crippen molar-refractivity contribution in [2.75, 3.05) is 11.9 Å². The van der Waals surface area contributed by atoms with E-state index in [2.05, 4.69) is 34.6 Å². The molecule has 0 saturated heterocycles. The second-order valence-electron chi connectivity index (χ2n) is 6.39. The molecule has 0 atom stereocenters. The van der Waals surface area contributed by atoms with Gasteiger partial charge in [0.1, 0.15) is 5.82 Å². The largest absolute Gasteiger partial charge is 0.364 e. The first kappa shape index (κ1) is 18.6. The second kappa shape index (κ2) is 8.94. The number of anilines is 1. The van der Waals surface area contributed by atoms with E-state index in [-0.39, 0.29) is 5.91 Å². The number of carbonyl (C=O) groups is 1. The van der Waals surface area contributed by atoms with Crippen LogP contribution in [0.2, 0.25) is 0 Å². The maximum atomic E-state index is 12.7. The maximum Gasteiger partial charge on any atom is 0.274 e. The van der Waals surface area contributed by atoms with E-state index in [0.717, 1.165) is 5.56 Å². The van der Waals surface area contributed by atoms with Crippen molar-refractivity contribution in [3.8, 4) is 0 Å². The Bertz CT molecular complexity index is 878. The Hall–Kier alpha value is -3.21. The lowest BCUT2D eigenvalue weighted by molar-refractivity contribution is 0.0745. The molecule has 1 N–H and O–H groups in total. The SMILES string of the molecule is CCN(Cc1ccccc1)C(=O)c1ccc(NCc2ccccc2C)nn1. The lowest BCUT2D eigenvalue weighted by Gasteiger charge is -2.20. The molecule has 0 aliphatic carbocycles. The smallest absolute Gasteiger partial charge is 0.274 e. The third-order valence-electron chi connectivity index (χ3n) is 4.49. The summed E-state index contributed by atoms with van der Waals surface area (Å²) in [4.78, 5) is 14.5. The molecule has 0 spiro atoms. The summed E-state index contributed by atoms with van der Waals surface area (Å²) in [5.41, 5.74) is 3.88. The van der Waals surface area contributed by atoms with Gasteiger partial charge in [0.15, 0.2) is 5.69 Å². The molecule has 0 unspecified atom stereocenters. The van der Waals surface area contributed by atoms with Crippen LogP contribution in [0.5, 0.6) is 0 Å². The molecule has 138 valence electrons. The van der Waals surface area contributed by atoms with E-state index in [4.69, 9.17) is 0 Å². The van der Waals surface area contributed by atoms with Gasteiger partial charge in [-0.05, 0) is 42.7 Å². The molecule has 2 aromatic carbocycles. The average molecular weight is 360 g/mol. The minimum absolute atomic E-state index is 0.112. The summed E-state index contributed by atoms with van der Waals surface area (Å²) in [7, 11) is 0.